The Kier molecular flexibility index (Phi) is 5.52. The summed E-state index contributed by atoms with van der Waals surface area (Å²) < 4.78 is 5.80. The maximum Gasteiger partial charge on any atom is 0.119 e. The van der Waals surface area contributed by atoms with Crippen LogP contribution >= 0.6 is 0 Å². The van der Waals surface area contributed by atoms with E-state index in [-0.39, 0.29) is 0 Å². The summed E-state index contributed by atoms with van der Waals surface area (Å²) in [6, 6.07) is 18.9. The third-order valence-electron chi connectivity index (χ3n) is 4.69. The number of benzene rings is 2. The lowest BCUT2D eigenvalue weighted by Crippen LogP contribution is -2.05. The average molecular weight is 306 g/mol. The molecule has 0 bridgehead atoms. The highest BCUT2D eigenvalue weighted by Gasteiger charge is 2.14. The molecule has 0 spiro atoms. The average Bonchev–Trinajstić information content (AvgIpc) is 2.62. The first-order chi connectivity index (χ1) is 11.3. The van der Waals surface area contributed by atoms with E-state index in [2.05, 4.69) is 37.3 Å². The lowest BCUT2D eigenvalue weighted by atomic mass is 9.84. The molecule has 2 aromatic carbocycles. The summed E-state index contributed by atoms with van der Waals surface area (Å²) in [5.41, 5.74) is 4.12. The van der Waals surface area contributed by atoms with E-state index < -0.39 is 0 Å². The van der Waals surface area contributed by atoms with Crippen LogP contribution in [0.15, 0.2) is 60.7 Å². The molecular weight excluding hydrogens is 280 g/mol. The Bertz CT molecular complexity index is 625. The van der Waals surface area contributed by atoms with Gasteiger partial charge in [-0.2, -0.15) is 0 Å². The Hall–Kier alpha value is -2.02. The molecule has 0 fully saturated rings. The van der Waals surface area contributed by atoms with E-state index in [1.165, 1.54) is 48.8 Å². The largest absolute Gasteiger partial charge is 0.489 e. The fourth-order valence-electron chi connectivity index (χ4n) is 3.32. The van der Waals surface area contributed by atoms with Crippen LogP contribution in [0.5, 0.6) is 5.75 Å². The SMILES string of the molecule is CCCC1CC=C(c2ccc(COc3ccccc3)cc2)CC1. The van der Waals surface area contributed by atoms with E-state index in [4.69, 9.17) is 4.74 Å². The number of hydrogen-bond acceptors (Lipinski definition) is 1. The minimum absolute atomic E-state index is 0.627. The third kappa shape index (κ3) is 4.48. The maximum atomic E-state index is 5.80. The zero-order chi connectivity index (χ0) is 15.9. The van der Waals surface area contributed by atoms with Gasteiger partial charge in [0.1, 0.15) is 12.4 Å². The molecule has 1 aliphatic carbocycles. The molecule has 1 unspecified atom stereocenters. The predicted octanol–water partition coefficient (Wildman–Crippen LogP) is 6.25. The lowest BCUT2D eigenvalue weighted by molar-refractivity contribution is 0.306. The second-order valence-corrected chi connectivity index (χ2v) is 6.46. The van der Waals surface area contributed by atoms with Gasteiger partial charge in [-0.1, -0.05) is 68.3 Å². The van der Waals surface area contributed by atoms with Crippen LogP contribution in [-0.2, 0) is 6.61 Å². The van der Waals surface area contributed by atoms with Crippen molar-refractivity contribution in [3.05, 3.63) is 71.8 Å². The highest BCUT2D eigenvalue weighted by Crippen LogP contribution is 2.32. The molecular formula is C22H26O. The van der Waals surface area contributed by atoms with Gasteiger partial charge in [0.15, 0.2) is 0 Å². The summed E-state index contributed by atoms with van der Waals surface area (Å²) in [7, 11) is 0. The number of para-hydroxylation sites is 1. The molecule has 0 aromatic heterocycles. The fourth-order valence-corrected chi connectivity index (χ4v) is 3.32. The first kappa shape index (κ1) is 15.9. The summed E-state index contributed by atoms with van der Waals surface area (Å²) in [6.45, 7) is 2.91. The van der Waals surface area contributed by atoms with Gasteiger partial charge >= 0.3 is 0 Å². The summed E-state index contributed by atoms with van der Waals surface area (Å²) in [6.07, 6.45) is 8.97. The molecule has 0 N–H and O–H groups in total. The molecule has 0 saturated carbocycles. The van der Waals surface area contributed by atoms with Crippen LogP contribution in [0.2, 0.25) is 0 Å². The van der Waals surface area contributed by atoms with Gasteiger partial charge in [-0.25, -0.2) is 0 Å². The molecule has 1 heteroatoms. The maximum absolute atomic E-state index is 5.80. The van der Waals surface area contributed by atoms with Gasteiger partial charge in [0.2, 0.25) is 0 Å². The first-order valence-corrected chi connectivity index (χ1v) is 8.81. The normalized spacial score (nSPS) is 17.6. The molecule has 3 rings (SSSR count). The molecule has 120 valence electrons. The molecule has 1 atom stereocenters. The summed E-state index contributed by atoms with van der Waals surface area (Å²) >= 11 is 0. The van der Waals surface area contributed by atoms with Crippen LogP contribution < -0.4 is 4.74 Å². The molecule has 1 nitrogen and oxygen atoms in total. The Morgan fingerprint density at radius 3 is 2.43 bits per heavy atom. The smallest absolute Gasteiger partial charge is 0.119 e. The van der Waals surface area contributed by atoms with E-state index in [1.54, 1.807) is 0 Å². The number of hydrogen-bond donors (Lipinski definition) is 0. The van der Waals surface area contributed by atoms with Crippen LogP contribution in [0.4, 0.5) is 0 Å². The van der Waals surface area contributed by atoms with Crippen molar-refractivity contribution in [2.45, 2.75) is 45.6 Å². The second kappa shape index (κ2) is 8.01. The molecule has 0 amide bonds. The molecule has 0 saturated heterocycles. The quantitative estimate of drug-likeness (QED) is 0.613. The molecule has 0 aliphatic heterocycles. The van der Waals surface area contributed by atoms with Crippen molar-refractivity contribution in [3.63, 3.8) is 0 Å². The van der Waals surface area contributed by atoms with Crippen molar-refractivity contribution in [2.75, 3.05) is 0 Å². The summed E-state index contributed by atoms with van der Waals surface area (Å²) in [5, 5.41) is 0. The Morgan fingerprint density at radius 2 is 1.78 bits per heavy atom. The first-order valence-electron chi connectivity index (χ1n) is 8.81. The Morgan fingerprint density at radius 1 is 1.00 bits per heavy atom. The van der Waals surface area contributed by atoms with Crippen molar-refractivity contribution in [1.82, 2.24) is 0 Å². The van der Waals surface area contributed by atoms with Crippen LogP contribution in [-0.4, -0.2) is 0 Å². The number of rotatable bonds is 6. The monoisotopic (exact) mass is 306 g/mol. The van der Waals surface area contributed by atoms with Gasteiger partial charge in [0.05, 0.1) is 0 Å². The van der Waals surface area contributed by atoms with Gasteiger partial charge in [0, 0.05) is 0 Å². The minimum atomic E-state index is 0.627. The molecule has 2 aromatic rings. The van der Waals surface area contributed by atoms with Crippen molar-refractivity contribution < 1.29 is 4.74 Å². The molecule has 1 aliphatic rings. The van der Waals surface area contributed by atoms with Gasteiger partial charge < -0.3 is 4.74 Å². The van der Waals surface area contributed by atoms with E-state index in [9.17, 15) is 0 Å². The third-order valence-corrected chi connectivity index (χ3v) is 4.69. The van der Waals surface area contributed by atoms with Crippen LogP contribution in [0.25, 0.3) is 5.57 Å². The van der Waals surface area contributed by atoms with Gasteiger partial charge in [-0.3, -0.25) is 0 Å². The standard InChI is InChI=1S/C22H26O/c1-2-6-18-9-13-20(14-10-18)21-15-11-19(12-16-21)17-23-22-7-4-3-5-8-22/h3-5,7-8,11-13,15-16,18H,2,6,9-10,14,17H2,1H3. The minimum Gasteiger partial charge on any atom is -0.489 e. The fraction of sp³-hybridized carbons (Fsp3) is 0.364. The predicted molar refractivity (Wildman–Crippen MR) is 97.4 cm³/mol. The Labute approximate surface area is 140 Å². The highest BCUT2D eigenvalue weighted by molar-refractivity contribution is 5.66. The van der Waals surface area contributed by atoms with Crippen molar-refractivity contribution in [2.24, 2.45) is 5.92 Å². The number of allylic oxidation sites excluding steroid dienone is 2. The zero-order valence-corrected chi connectivity index (χ0v) is 14.0. The van der Waals surface area contributed by atoms with Gasteiger partial charge in [-0.05, 0) is 54.0 Å². The van der Waals surface area contributed by atoms with Crippen LogP contribution in [0.3, 0.4) is 0 Å². The zero-order valence-electron chi connectivity index (χ0n) is 14.0. The summed E-state index contributed by atoms with van der Waals surface area (Å²) in [4.78, 5) is 0. The lowest BCUT2D eigenvalue weighted by Gasteiger charge is -2.21. The molecule has 0 radical (unpaired) electrons. The highest BCUT2D eigenvalue weighted by atomic mass is 16.5. The van der Waals surface area contributed by atoms with Gasteiger partial charge in [0.25, 0.3) is 0 Å². The summed E-state index contributed by atoms with van der Waals surface area (Å²) in [5.74, 6) is 1.83. The van der Waals surface area contributed by atoms with E-state index in [1.807, 2.05) is 30.3 Å². The van der Waals surface area contributed by atoms with Crippen molar-refractivity contribution in [1.29, 1.82) is 0 Å². The van der Waals surface area contributed by atoms with E-state index in [0.717, 1.165) is 11.7 Å². The van der Waals surface area contributed by atoms with Crippen LogP contribution in [0.1, 0.15) is 50.2 Å². The number of ether oxygens (including phenoxy) is 1. The second-order valence-electron chi connectivity index (χ2n) is 6.46. The van der Waals surface area contributed by atoms with Gasteiger partial charge in [-0.15, -0.1) is 0 Å². The van der Waals surface area contributed by atoms with E-state index >= 15 is 0 Å². The van der Waals surface area contributed by atoms with Crippen molar-refractivity contribution >= 4 is 5.57 Å². The molecule has 23 heavy (non-hydrogen) atoms. The van der Waals surface area contributed by atoms with E-state index in [0.29, 0.717) is 6.61 Å². The van der Waals surface area contributed by atoms with Crippen molar-refractivity contribution in [3.8, 4) is 5.75 Å². The topological polar surface area (TPSA) is 9.23 Å². The Balaban J connectivity index is 1.57. The van der Waals surface area contributed by atoms with Crippen LogP contribution in [0, 0.1) is 5.92 Å². The molecule has 0 heterocycles.